The molecule has 0 bridgehead atoms. The van der Waals surface area contributed by atoms with Crippen LogP contribution in [0.4, 0.5) is 5.69 Å². The molecule has 3 heteroatoms. The number of carbonyl (C=O) groups is 1. The first-order valence-corrected chi connectivity index (χ1v) is 6.59. The van der Waals surface area contributed by atoms with Crippen LogP contribution in [0.1, 0.15) is 28.0 Å². The second-order valence-electron chi connectivity index (χ2n) is 4.83. The standard InChI is InChI=1S/C16H16N2O/c1-12-14(8-4-10-17-12)16(19)18-11-5-7-13-6-2-3-9-15(13)18/h2-4,6,8-10H,5,7,11H2,1H3. The van der Waals surface area contributed by atoms with Crippen LogP contribution < -0.4 is 4.90 Å². The maximum atomic E-state index is 12.7. The van der Waals surface area contributed by atoms with E-state index in [1.807, 2.05) is 42.2 Å². The Morgan fingerprint density at radius 2 is 2.05 bits per heavy atom. The van der Waals surface area contributed by atoms with Crippen LogP contribution in [0.3, 0.4) is 0 Å². The number of para-hydroxylation sites is 1. The minimum atomic E-state index is 0.0535. The topological polar surface area (TPSA) is 33.2 Å². The number of anilines is 1. The molecule has 3 nitrogen and oxygen atoms in total. The zero-order valence-corrected chi connectivity index (χ0v) is 11.0. The zero-order chi connectivity index (χ0) is 13.2. The van der Waals surface area contributed by atoms with Gasteiger partial charge in [0, 0.05) is 24.1 Å². The zero-order valence-electron chi connectivity index (χ0n) is 11.0. The Hall–Kier alpha value is -2.16. The Morgan fingerprint density at radius 1 is 1.21 bits per heavy atom. The van der Waals surface area contributed by atoms with Crippen LogP contribution >= 0.6 is 0 Å². The summed E-state index contributed by atoms with van der Waals surface area (Å²) < 4.78 is 0. The van der Waals surface area contributed by atoms with Crippen LogP contribution in [0.15, 0.2) is 42.6 Å². The van der Waals surface area contributed by atoms with Gasteiger partial charge >= 0.3 is 0 Å². The summed E-state index contributed by atoms with van der Waals surface area (Å²) in [7, 11) is 0. The molecule has 0 saturated carbocycles. The van der Waals surface area contributed by atoms with Crippen LogP contribution in [-0.2, 0) is 6.42 Å². The molecule has 1 aromatic carbocycles. The lowest BCUT2D eigenvalue weighted by atomic mass is 10.0. The first-order valence-electron chi connectivity index (χ1n) is 6.59. The third-order valence-corrected chi connectivity index (χ3v) is 3.59. The third kappa shape index (κ3) is 2.12. The normalized spacial score (nSPS) is 14.1. The van der Waals surface area contributed by atoms with E-state index in [4.69, 9.17) is 0 Å². The van der Waals surface area contributed by atoms with Crippen molar-refractivity contribution in [2.45, 2.75) is 19.8 Å². The predicted octanol–water partition coefficient (Wildman–Crippen LogP) is 2.98. The first-order chi connectivity index (χ1) is 9.27. The van der Waals surface area contributed by atoms with Crippen molar-refractivity contribution in [3.05, 3.63) is 59.4 Å². The van der Waals surface area contributed by atoms with Gasteiger partial charge in [0.05, 0.1) is 5.56 Å². The summed E-state index contributed by atoms with van der Waals surface area (Å²) in [6.07, 6.45) is 3.78. The van der Waals surface area contributed by atoms with Gasteiger partial charge in [0.1, 0.15) is 0 Å². The maximum Gasteiger partial charge on any atom is 0.260 e. The Kier molecular flexibility index (Phi) is 3.03. The molecule has 0 saturated heterocycles. The number of hydrogen-bond acceptors (Lipinski definition) is 2. The molecule has 0 spiro atoms. The van der Waals surface area contributed by atoms with Crippen molar-refractivity contribution in [3.63, 3.8) is 0 Å². The number of aromatic nitrogens is 1. The molecular formula is C16H16N2O. The molecule has 2 heterocycles. The van der Waals surface area contributed by atoms with Gasteiger partial charge in [-0.2, -0.15) is 0 Å². The number of aryl methyl sites for hydroxylation is 2. The van der Waals surface area contributed by atoms with Gasteiger partial charge in [-0.1, -0.05) is 18.2 Å². The highest BCUT2D eigenvalue weighted by Gasteiger charge is 2.24. The molecule has 19 heavy (non-hydrogen) atoms. The Bertz CT molecular complexity index is 622. The number of carbonyl (C=O) groups excluding carboxylic acids is 1. The van der Waals surface area contributed by atoms with Crippen molar-refractivity contribution in [3.8, 4) is 0 Å². The number of rotatable bonds is 1. The largest absolute Gasteiger partial charge is 0.308 e. The number of amides is 1. The number of benzene rings is 1. The summed E-state index contributed by atoms with van der Waals surface area (Å²) in [5.74, 6) is 0.0535. The van der Waals surface area contributed by atoms with Crippen LogP contribution in [0, 0.1) is 6.92 Å². The molecule has 2 aromatic rings. The molecule has 0 N–H and O–H groups in total. The van der Waals surface area contributed by atoms with Gasteiger partial charge in [0.15, 0.2) is 0 Å². The highest BCUT2D eigenvalue weighted by molar-refractivity contribution is 6.07. The molecule has 1 aliphatic rings. The molecule has 0 unspecified atom stereocenters. The summed E-state index contributed by atoms with van der Waals surface area (Å²) in [6.45, 7) is 2.66. The average Bonchev–Trinajstić information content (AvgIpc) is 2.46. The van der Waals surface area contributed by atoms with Gasteiger partial charge in [-0.15, -0.1) is 0 Å². The van der Waals surface area contributed by atoms with E-state index in [0.29, 0.717) is 5.56 Å². The first kappa shape index (κ1) is 11.9. The smallest absolute Gasteiger partial charge is 0.260 e. The van der Waals surface area contributed by atoms with Crippen LogP contribution in [0.25, 0.3) is 0 Å². The number of nitrogens with zero attached hydrogens (tertiary/aromatic N) is 2. The summed E-state index contributed by atoms with van der Waals surface area (Å²) in [6, 6.07) is 11.8. The van der Waals surface area contributed by atoms with E-state index in [2.05, 4.69) is 11.1 Å². The second kappa shape index (κ2) is 4.84. The highest BCUT2D eigenvalue weighted by Crippen LogP contribution is 2.28. The highest BCUT2D eigenvalue weighted by atomic mass is 16.2. The van der Waals surface area contributed by atoms with Gasteiger partial charge in [-0.05, 0) is 43.5 Å². The van der Waals surface area contributed by atoms with Crippen molar-refractivity contribution in [1.29, 1.82) is 0 Å². The van der Waals surface area contributed by atoms with Crippen molar-refractivity contribution in [1.82, 2.24) is 4.98 Å². The van der Waals surface area contributed by atoms with E-state index in [9.17, 15) is 4.79 Å². The lowest BCUT2D eigenvalue weighted by Gasteiger charge is -2.29. The van der Waals surface area contributed by atoms with E-state index >= 15 is 0 Å². The Balaban J connectivity index is 2.00. The molecule has 1 aliphatic heterocycles. The molecule has 3 rings (SSSR count). The lowest BCUT2D eigenvalue weighted by Crippen LogP contribution is -2.35. The summed E-state index contributed by atoms with van der Waals surface area (Å²) in [4.78, 5) is 18.8. The maximum absolute atomic E-state index is 12.7. The van der Waals surface area contributed by atoms with E-state index in [1.54, 1.807) is 6.20 Å². The fraction of sp³-hybridized carbons (Fsp3) is 0.250. The van der Waals surface area contributed by atoms with Gasteiger partial charge in [-0.25, -0.2) is 0 Å². The monoisotopic (exact) mass is 252 g/mol. The number of pyridine rings is 1. The van der Waals surface area contributed by atoms with E-state index in [0.717, 1.165) is 30.8 Å². The summed E-state index contributed by atoms with van der Waals surface area (Å²) in [5, 5.41) is 0. The Labute approximate surface area is 112 Å². The number of fused-ring (bicyclic) bond motifs is 1. The quantitative estimate of drug-likeness (QED) is 0.781. The molecular weight excluding hydrogens is 236 g/mol. The molecule has 0 aliphatic carbocycles. The lowest BCUT2D eigenvalue weighted by molar-refractivity contribution is 0.0984. The fourth-order valence-corrected chi connectivity index (χ4v) is 2.60. The van der Waals surface area contributed by atoms with Gasteiger partial charge in [0.2, 0.25) is 0 Å². The second-order valence-corrected chi connectivity index (χ2v) is 4.83. The van der Waals surface area contributed by atoms with Crippen molar-refractivity contribution >= 4 is 11.6 Å². The summed E-state index contributed by atoms with van der Waals surface area (Å²) in [5.41, 5.74) is 3.78. The van der Waals surface area contributed by atoms with Gasteiger partial charge in [-0.3, -0.25) is 9.78 Å². The van der Waals surface area contributed by atoms with E-state index in [-0.39, 0.29) is 5.91 Å². The van der Waals surface area contributed by atoms with Crippen LogP contribution in [0.5, 0.6) is 0 Å². The third-order valence-electron chi connectivity index (χ3n) is 3.59. The SMILES string of the molecule is Cc1ncccc1C(=O)N1CCCc2ccccc21. The molecule has 0 radical (unpaired) electrons. The molecule has 0 atom stereocenters. The minimum Gasteiger partial charge on any atom is -0.308 e. The van der Waals surface area contributed by atoms with Crippen molar-refractivity contribution in [2.75, 3.05) is 11.4 Å². The van der Waals surface area contributed by atoms with Crippen molar-refractivity contribution in [2.24, 2.45) is 0 Å². The molecule has 96 valence electrons. The van der Waals surface area contributed by atoms with Gasteiger partial charge in [0.25, 0.3) is 5.91 Å². The average molecular weight is 252 g/mol. The minimum absolute atomic E-state index is 0.0535. The van der Waals surface area contributed by atoms with Crippen LogP contribution in [0.2, 0.25) is 0 Å². The fourth-order valence-electron chi connectivity index (χ4n) is 2.60. The van der Waals surface area contributed by atoms with Crippen molar-refractivity contribution < 1.29 is 4.79 Å². The van der Waals surface area contributed by atoms with E-state index in [1.165, 1.54) is 5.56 Å². The molecule has 0 fully saturated rings. The molecule has 1 aromatic heterocycles. The van der Waals surface area contributed by atoms with E-state index < -0.39 is 0 Å². The van der Waals surface area contributed by atoms with Crippen LogP contribution in [-0.4, -0.2) is 17.4 Å². The molecule has 1 amide bonds. The van der Waals surface area contributed by atoms with Gasteiger partial charge < -0.3 is 4.90 Å². The predicted molar refractivity (Wildman–Crippen MR) is 75.4 cm³/mol. The summed E-state index contributed by atoms with van der Waals surface area (Å²) >= 11 is 0. The number of hydrogen-bond donors (Lipinski definition) is 0. The Morgan fingerprint density at radius 3 is 2.89 bits per heavy atom.